The van der Waals surface area contributed by atoms with Crippen LogP contribution in [-0.4, -0.2) is 71.9 Å². The lowest BCUT2D eigenvalue weighted by Crippen LogP contribution is -2.27. The third-order valence-electron chi connectivity index (χ3n) is 6.66. The summed E-state index contributed by atoms with van der Waals surface area (Å²) in [5, 5.41) is 12.8. The molecule has 1 aliphatic rings. The summed E-state index contributed by atoms with van der Waals surface area (Å²) in [5.74, 6) is 1.77. The van der Waals surface area contributed by atoms with E-state index in [0.29, 0.717) is 81.1 Å². The number of nitrogens with zero attached hydrogens (tertiary/aromatic N) is 4. The molecule has 1 amide bonds. The van der Waals surface area contributed by atoms with Gasteiger partial charge in [0.25, 0.3) is 5.91 Å². The maximum atomic E-state index is 12.7. The highest BCUT2D eigenvalue weighted by atomic mass is 16.5. The molecule has 220 valence electrons. The number of pyridine rings is 1. The number of anilines is 4. The predicted molar refractivity (Wildman–Crippen MR) is 159 cm³/mol. The van der Waals surface area contributed by atoms with Gasteiger partial charge in [-0.2, -0.15) is 15.0 Å². The van der Waals surface area contributed by atoms with E-state index in [1.165, 1.54) is 32.1 Å². The molecule has 0 aliphatic heterocycles. The van der Waals surface area contributed by atoms with Crippen molar-refractivity contribution in [3.63, 3.8) is 0 Å². The first-order chi connectivity index (χ1) is 20.2. The first-order valence-corrected chi connectivity index (χ1v) is 14.3. The summed E-state index contributed by atoms with van der Waals surface area (Å²) in [7, 11) is 0. The van der Waals surface area contributed by atoms with E-state index in [2.05, 4.69) is 41.2 Å². The molecule has 12 nitrogen and oxygen atoms in total. The quantitative estimate of drug-likeness (QED) is 0.153. The zero-order valence-corrected chi connectivity index (χ0v) is 23.5. The Morgan fingerprint density at radius 3 is 2.39 bits per heavy atom. The molecule has 1 aromatic carbocycles. The van der Waals surface area contributed by atoms with Crippen molar-refractivity contribution in [1.29, 1.82) is 0 Å². The molecule has 41 heavy (non-hydrogen) atoms. The monoisotopic (exact) mass is 563 g/mol. The summed E-state index contributed by atoms with van der Waals surface area (Å²) in [6.07, 6.45) is 9.82. The third kappa shape index (κ3) is 10.9. The minimum absolute atomic E-state index is 0.193. The molecule has 3 aromatic rings. The number of benzene rings is 1. The van der Waals surface area contributed by atoms with Crippen LogP contribution in [0.3, 0.4) is 0 Å². The largest absolute Gasteiger partial charge is 0.378 e. The minimum Gasteiger partial charge on any atom is -0.378 e. The molecule has 0 saturated heterocycles. The van der Waals surface area contributed by atoms with E-state index in [1.54, 1.807) is 24.5 Å². The fourth-order valence-corrected chi connectivity index (χ4v) is 4.51. The molecule has 2 aromatic heterocycles. The molecular formula is C29H41N9O3. The maximum absolute atomic E-state index is 12.7. The van der Waals surface area contributed by atoms with E-state index < -0.39 is 0 Å². The maximum Gasteiger partial charge on any atom is 0.251 e. The van der Waals surface area contributed by atoms with Gasteiger partial charge in [-0.25, -0.2) is 0 Å². The van der Waals surface area contributed by atoms with Gasteiger partial charge in [0.2, 0.25) is 17.8 Å². The topological polar surface area (TPSA) is 161 Å². The molecule has 1 fully saturated rings. The first-order valence-electron chi connectivity index (χ1n) is 14.3. The molecule has 1 aliphatic carbocycles. The summed E-state index contributed by atoms with van der Waals surface area (Å²) in [5.41, 5.74) is 7.65. The average Bonchev–Trinajstić information content (AvgIpc) is 3.01. The molecule has 0 unspecified atom stereocenters. The van der Waals surface area contributed by atoms with Crippen molar-refractivity contribution in [3.8, 4) is 0 Å². The fourth-order valence-electron chi connectivity index (χ4n) is 4.51. The van der Waals surface area contributed by atoms with Crippen LogP contribution in [0, 0.1) is 5.92 Å². The van der Waals surface area contributed by atoms with Gasteiger partial charge in [0.1, 0.15) is 0 Å². The van der Waals surface area contributed by atoms with Crippen molar-refractivity contribution < 1.29 is 14.3 Å². The third-order valence-corrected chi connectivity index (χ3v) is 6.66. The van der Waals surface area contributed by atoms with Gasteiger partial charge in [0.15, 0.2) is 0 Å². The number of ether oxygens (including phenoxy) is 2. The van der Waals surface area contributed by atoms with Crippen molar-refractivity contribution in [1.82, 2.24) is 25.3 Å². The Balaban J connectivity index is 1.36. The van der Waals surface area contributed by atoms with Crippen LogP contribution >= 0.6 is 0 Å². The number of hydrogen-bond acceptors (Lipinski definition) is 11. The van der Waals surface area contributed by atoms with Crippen LogP contribution in [0.4, 0.5) is 23.5 Å². The van der Waals surface area contributed by atoms with Gasteiger partial charge in [0.05, 0.1) is 26.4 Å². The van der Waals surface area contributed by atoms with Gasteiger partial charge in [-0.1, -0.05) is 25.3 Å². The zero-order chi connectivity index (χ0) is 28.5. The van der Waals surface area contributed by atoms with Gasteiger partial charge in [0, 0.05) is 49.8 Å². The Labute approximate surface area is 241 Å². The second kappa shape index (κ2) is 17.1. The molecule has 0 bridgehead atoms. The molecule has 0 radical (unpaired) electrons. The molecule has 12 heteroatoms. The molecule has 0 spiro atoms. The Hall–Kier alpha value is -3.87. The number of amides is 1. The van der Waals surface area contributed by atoms with E-state index >= 15 is 0 Å². The van der Waals surface area contributed by atoms with Crippen LogP contribution in [0.25, 0.3) is 0 Å². The van der Waals surface area contributed by atoms with Crippen molar-refractivity contribution >= 4 is 29.4 Å². The SMILES string of the molecule is NCCOCCOCCNC(=O)c1cccc(Nc2nc(NCc3ccncc3)nc(NCC3CCCCC3)n2)c1. The summed E-state index contributed by atoms with van der Waals surface area (Å²) in [4.78, 5) is 30.5. The van der Waals surface area contributed by atoms with E-state index in [0.717, 1.165) is 12.1 Å². The van der Waals surface area contributed by atoms with E-state index in [-0.39, 0.29) is 5.91 Å². The first kappa shape index (κ1) is 30.1. The normalized spacial score (nSPS) is 13.5. The predicted octanol–water partition coefficient (Wildman–Crippen LogP) is 3.34. The smallest absolute Gasteiger partial charge is 0.251 e. The number of carbonyl (C=O) groups excluding carboxylic acids is 1. The van der Waals surface area contributed by atoms with Crippen LogP contribution in [0.2, 0.25) is 0 Å². The second-order valence-corrected chi connectivity index (χ2v) is 9.88. The van der Waals surface area contributed by atoms with Crippen molar-refractivity contribution in [2.75, 3.05) is 62.0 Å². The van der Waals surface area contributed by atoms with E-state index in [1.807, 2.05) is 24.3 Å². The van der Waals surface area contributed by atoms with Crippen molar-refractivity contribution in [2.24, 2.45) is 11.7 Å². The highest BCUT2D eigenvalue weighted by Gasteiger charge is 2.15. The summed E-state index contributed by atoms with van der Waals surface area (Å²) in [6.45, 7) is 4.10. The number of hydrogen-bond donors (Lipinski definition) is 5. The molecule has 0 atom stereocenters. The Morgan fingerprint density at radius 2 is 1.61 bits per heavy atom. The van der Waals surface area contributed by atoms with Crippen molar-refractivity contribution in [2.45, 2.75) is 38.6 Å². The minimum atomic E-state index is -0.193. The van der Waals surface area contributed by atoms with Crippen LogP contribution in [0.15, 0.2) is 48.8 Å². The number of carbonyl (C=O) groups is 1. The Bertz CT molecular complexity index is 1190. The number of rotatable bonds is 17. The van der Waals surface area contributed by atoms with Crippen LogP contribution < -0.4 is 27.0 Å². The average molecular weight is 564 g/mol. The van der Waals surface area contributed by atoms with Gasteiger partial charge in [-0.05, 0) is 54.7 Å². The lowest BCUT2D eigenvalue weighted by atomic mass is 9.89. The number of nitrogens with two attached hydrogens (primary N) is 1. The number of aromatic nitrogens is 4. The summed E-state index contributed by atoms with van der Waals surface area (Å²) in [6, 6.07) is 11.1. The van der Waals surface area contributed by atoms with Crippen LogP contribution in [-0.2, 0) is 16.0 Å². The van der Waals surface area contributed by atoms with Crippen molar-refractivity contribution in [3.05, 3.63) is 59.9 Å². The molecule has 1 saturated carbocycles. The lowest BCUT2D eigenvalue weighted by Gasteiger charge is -2.21. The second-order valence-electron chi connectivity index (χ2n) is 9.88. The highest BCUT2D eigenvalue weighted by Crippen LogP contribution is 2.24. The van der Waals surface area contributed by atoms with Crippen LogP contribution in [0.1, 0.15) is 48.0 Å². The standard InChI is InChI=1S/C29H41N9O3/c30-11-15-40-17-18-41-16-14-32-26(39)24-7-4-8-25(19-24)35-29-37-27(33-20-22-5-2-1-3-6-22)36-28(38-29)34-21-23-9-12-31-13-10-23/h4,7-10,12-13,19,22H,1-3,5-6,11,14-18,20-21,30H2,(H,32,39)(H3,33,34,35,36,37,38). The fraction of sp³-hybridized carbons (Fsp3) is 0.483. The molecule has 6 N–H and O–H groups in total. The van der Waals surface area contributed by atoms with E-state index in [9.17, 15) is 4.79 Å². The summed E-state index contributed by atoms with van der Waals surface area (Å²) < 4.78 is 10.7. The van der Waals surface area contributed by atoms with Gasteiger partial charge in [-0.3, -0.25) is 9.78 Å². The molecule has 2 heterocycles. The van der Waals surface area contributed by atoms with Gasteiger partial charge >= 0.3 is 0 Å². The van der Waals surface area contributed by atoms with E-state index in [4.69, 9.17) is 15.2 Å². The highest BCUT2D eigenvalue weighted by molar-refractivity contribution is 5.95. The lowest BCUT2D eigenvalue weighted by molar-refractivity contribution is 0.0511. The Kier molecular flexibility index (Phi) is 12.5. The summed E-state index contributed by atoms with van der Waals surface area (Å²) >= 11 is 0. The van der Waals surface area contributed by atoms with Crippen LogP contribution in [0.5, 0.6) is 0 Å². The molecular weight excluding hydrogens is 522 g/mol. The number of nitrogens with one attached hydrogen (secondary N) is 4. The Morgan fingerprint density at radius 1 is 0.878 bits per heavy atom. The van der Waals surface area contributed by atoms with Gasteiger partial charge in [-0.15, -0.1) is 0 Å². The molecule has 4 rings (SSSR count). The van der Waals surface area contributed by atoms with Gasteiger partial charge < -0.3 is 36.5 Å². The zero-order valence-electron chi connectivity index (χ0n) is 23.5.